The fourth-order valence-electron chi connectivity index (χ4n) is 2.88. The van der Waals surface area contributed by atoms with E-state index in [1.165, 1.54) is 22.3 Å². The quantitative estimate of drug-likeness (QED) is 0.935. The number of benzene rings is 2. The van der Waals surface area contributed by atoms with Crippen LogP contribution < -0.4 is 15.2 Å². The van der Waals surface area contributed by atoms with E-state index in [9.17, 15) is 0 Å². The number of nitrogens with two attached hydrogens (primary N) is 1. The van der Waals surface area contributed by atoms with E-state index in [1.54, 1.807) is 0 Å². The molecule has 0 saturated heterocycles. The van der Waals surface area contributed by atoms with Gasteiger partial charge in [0.25, 0.3) is 0 Å². The summed E-state index contributed by atoms with van der Waals surface area (Å²) >= 11 is 0. The summed E-state index contributed by atoms with van der Waals surface area (Å²) in [5.41, 5.74) is 11.4. The number of rotatable bonds is 4. The topological polar surface area (TPSA) is 44.5 Å². The molecule has 0 spiro atoms. The van der Waals surface area contributed by atoms with E-state index >= 15 is 0 Å². The van der Waals surface area contributed by atoms with E-state index < -0.39 is 0 Å². The summed E-state index contributed by atoms with van der Waals surface area (Å²) in [7, 11) is 0. The van der Waals surface area contributed by atoms with Crippen molar-refractivity contribution in [3.05, 3.63) is 58.7 Å². The average Bonchev–Trinajstić information content (AvgIpc) is 2.54. The van der Waals surface area contributed by atoms with Crippen LogP contribution in [-0.4, -0.2) is 13.2 Å². The Morgan fingerprint density at radius 2 is 1.77 bits per heavy atom. The lowest BCUT2D eigenvalue weighted by atomic mass is 9.95. The van der Waals surface area contributed by atoms with Gasteiger partial charge in [-0.3, -0.25) is 0 Å². The van der Waals surface area contributed by atoms with Crippen molar-refractivity contribution in [1.82, 2.24) is 0 Å². The second kappa shape index (κ2) is 6.41. The molecule has 3 heteroatoms. The Morgan fingerprint density at radius 3 is 2.59 bits per heavy atom. The fourth-order valence-corrected chi connectivity index (χ4v) is 2.88. The van der Waals surface area contributed by atoms with Crippen molar-refractivity contribution < 1.29 is 9.47 Å². The first-order valence-electron chi connectivity index (χ1n) is 7.85. The number of hydrogen-bond donors (Lipinski definition) is 1. The van der Waals surface area contributed by atoms with Gasteiger partial charge in [-0.15, -0.1) is 0 Å². The Labute approximate surface area is 132 Å². The Bertz CT molecular complexity index is 666. The van der Waals surface area contributed by atoms with Gasteiger partial charge in [0.1, 0.15) is 13.2 Å². The summed E-state index contributed by atoms with van der Waals surface area (Å²) in [6.45, 7) is 5.48. The van der Waals surface area contributed by atoms with E-state index in [4.69, 9.17) is 15.2 Å². The molecule has 0 bridgehead atoms. The fraction of sp³-hybridized carbons (Fsp3) is 0.368. The summed E-state index contributed by atoms with van der Waals surface area (Å²) in [6.07, 6.45) is 1.86. The van der Waals surface area contributed by atoms with Gasteiger partial charge >= 0.3 is 0 Å². The molecule has 3 rings (SSSR count). The maximum absolute atomic E-state index is 6.39. The third kappa shape index (κ3) is 3.25. The molecule has 0 aliphatic carbocycles. The van der Waals surface area contributed by atoms with Crippen LogP contribution in [0.3, 0.4) is 0 Å². The van der Waals surface area contributed by atoms with Crippen LogP contribution in [0.2, 0.25) is 0 Å². The number of ether oxygens (including phenoxy) is 2. The predicted molar refractivity (Wildman–Crippen MR) is 88.6 cm³/mol. The lowest BCUT2D eigenvalue weighted by Gasteiger charge is -2.19. The Morgan fingerprint density at radius 1 is 1.00 bits per heavy atom. The van der Waals surface area contributed by atoms with E-state index in [-0.39, 0.29) is 6.04 Å². The van der Waals surface area contributed by atoms with Crippen molar-refractivity contribution >= 4 is 0 Å². The largest absolute Gasteiger partial charge is 0.486 e. The predicted octanol–water partition coefficient (Wildman–Crippen LogP) is 3.71. The minimum absolute atomic E-state index is 0.0631. The van der Waals surface area contributed by atoms with Crippen molar-refractivity contribution in [2.45, 2.75) is 32.7 Å². The molecule has 2 N–H and O–H groups in total. The van der Waals surface area contributed by atoms with Gasteiger partial charge in [-0.05, 0) is 55.5 Å². The first kappa shape index (κ1) is 14.9. The van der Waals surface area contributed by atoms with Crippen LogP contribution in [0, 0.1) is 13.8 Å². The maximum atomic E-state index is 6.39. The van der Waals surface area contributed by atoms with E-state index in [2.05, 4.69) is 44.2 Å². The number of hydrogen-bond acceptors (Lipinski definition) is 3. The molecule has 0 saturated carbocycles. The molecule has 22 heavy (non-hydrogen) atoms. The molecule has 0 radical (unpaired) electrons. The van der Waals surface area contributed by atoms with E-state index in [1.807, 2.05) is 6.07 Å². The zero-order valence-corrected chi connectivity index (χ0v) is 13.3. The SMILES string of the molecule is Cc1ccc(C)c(C(N)CCc2ccc3c(c2)OCCO3)c1. The van der Waals surface area contributed by atoms with Crippen LogP contribution in [0.25, 0.3) is 0 Å². The molecule has 2 aromatic rings. The first-order valence-corrected chi connectivity index (χ1v) is 7.85. The highest BCUT2D eigenvalue weighted by molar-refractivity contribution is 5.44. The molecule has 0 aromatic heterocycles. The van der Waals surface area contributed by atoms with Crippen molar-refractivity contribution in [2.75, 3.05) is 13.2 Å². The summed E-state index contributed by atoms with van der Waals surface area (Å²) in [4.78, 5) is 0. The molecule has 1 unspecified atom stereocenters. The molecule has 1 heterocycles. The normalized spacial score (nSPS) is 14.7. The third-order valence-corrected chi connectivity index (χ3v) is 4.18. The van der Waals surface area contributed by atoms with Gasteiger partial charge in [-0.2, -0.15) is 0 Å². The molecule has 116 valence electrons. The average molecular weight is 297 g/mol. The second-order valence-electron chi connectivity index (χ2n) is 5.98. The van der Waals surface area contributed by atoms with Crippen LogP contribution in [-0.2, 0) is 6.42 Å². The second-order valence-corrected chi connectivity index (χ2v) is 5.98. The van der Waals surface area contributed by atoms with Gasteiger partial charge in [-0.1, -0.05) is 29.8 Å². The molecule has 1 aliphatic heterocycles. The third-order valence-electron chi connectivity index (χ3n) is 4.18. The van der Waals surface area contributed by atoms with Crippen molar-refractivity contribution in [3.8, 4) is 11.5 Å². The standard InChI is InChI=1S/C19H23NO2/c1-13-3-4-14(2)16(11-13)17(20)7-5-15-6-8-18-19(12-15)22-10-9-21-18/h3-4,6,8,11-12,17H,5,7,9-10,20H2,1-2H3. The summed E-state index contributed by atoms with van der Waals surface area (Å²) in [5, 5.41) is 0. The van der Waals surface area contributed by atoms with Gasteiger partial charge in [0.15, 0.2) is 11.5 Å². The maximum Gasteiger partial charge on any atom is 0.161 e. The van der Waals surface area contributed by atoms with Gasteiger partial charge < -0.3 is 15.2 Å². The number of fused-ring (bicyclic) bond motifs is 1. The van der Waals surface area contributed by atoms with E-state index in [0.717, 1.165) is 24.3 Å². The minimum atomic E-state index is 0.0631. The van der Waals surface area contributed by atoms with Crippen LogP contribution in [0.5, 0.6) is 11.5 Å². The molecule has 1 atom stereocenters. The Hall–Kier alpha value is -2.00. The zero-order chi connectivity index (χ0) is 15.5. The molecule has 3 nitrogen and oxygen atoms in total. The number of aryl methyl sites for hydroxylation is 3. The van der Waals surface area contributed by atoms with Gasteiger partial charge in [0.05, 0.1) is 0 Å². The summed E-state index contributed by atoms with van der Waals surface area (Å²) in [5.74, 6) is 1.69. The van der Waals surface area contributed by atoms with Crippen LogP contribution in [0.1, 0.15) is 34.7 Å². The minimum Gasteiger partial charge on any atom is -0.486 e. The van der Waals surface area contributed by atoms with Crippen LogP contribution in [0.15, 0.2) is 36.4 Å². The lowest BCUT2D eigenvalue weighted by molar-refractivity contribution is 0.171. The van der Waals surface area contributed by atoms with Gasteiger partial charge in [0, 0.05) is 6.04 Å². The zero-order valence-electron chi connectivity index (χ0n) is 13.3. The first-order chi connectivity index (χ1) is 10.6. The molecule has 1 aliphatic rings. The lowest BCUT2D eigenvalue weighted by Crippen LogP contribution is -2.16. The molecule has 2 aromatic carbocycles. The van der Waals surface area contributed by atoms with E-state index in [0.29, 0.717) is 13.2 Å². The van der Waals surface area contributed by atoms with Crippen molar-refractivity contribution in [2.24, 2.45) is 5.73 Å². The summed E-state index contributed by atoms with van der Waals surface area (Å²) in [6, 6.07) is 12.7. The Balaban J connectivity index is 1.68. The molecule has 0 fully saturated rings. The van der Waals surface area contributed by atoms with Crippen LogP contribution in [0.4, 0.5) is 0 Å². The molecular formula is C19H23NO2. The highest BCUT2D eigenvalue weighted by Crippen LogP contribution is 2.31. The van der Waals surface area contributed by atoms with Gasteiger partial charge in [0.2, 0.25) is 0 Å². The van der Waals surface area contributed by atoms with Crippen molar-refractivity contribution in [3.63, 3.8) is 0 Å². The smallest absolute Gasteiger partial charge is 0.161 e. The Kier molecular flexibility index (Phi) is 4.34. The highest BCUT2D eigenvalue weighted by Gasteiger charge is 2.13. The molecule has 0 amide bonds. The van der Waals surface area contributed by atoms with Crippen molar-refractivity contribution in [1.29, 1.82) is 0 Å². The van der Waals surface area contributed by atoms with Crippen LogP contribution >= 0.6 is 0 Å². The molecular weight excluding hydrogens is 274 g/mol. The summed E-state index contributed by atoms with van der Waals surface area (Å²) < 4.78 is 11.2. The van der Waals surface area contributed by atoms with Gasteiger partial charge in [-0.25, -0.2) is 0 Å². The highest BCUT2D eigenvalue weighted by atomic mass is 16.6. The monoisotopic (exact) mass is 297 g/mol.